The van der Waals surface area contributed by atoms with Crippen LogP contribution in [0.1, 0.15) is 64.0 Å². The molecular weight excluding hydrogens is 321 g/mol. The number of fused-ring (bicyclic) bond motifs is 1. The summed E-state index contributed by atoms with van der Waals surface area (Å²) in [5.74, 6) is 0. The van der Waals surface area contributed by atoms with Crippen LogP contribution in [-0.2, 0) is 0 Å². The van der Waals surface area contributed by atoms with Crippen LogP contribution >= 0.6 is 0 Å². The molecule has 0 bridgehead atoms. The number of aliphatic imine (C=N–C) groups is 1. The van der Waals surface area contributed by atoms with Gasteiger partial charge < -0.3 is 0 Å². The van der Waals surface area contributed by atoms with Crippen molar-refractivity contribution in [3.8, 4) is 0 Å². The second-order valence-electron chi connectivity index (χ2n) is 7.25. The van der Waals surface area contributed by atoms with Gasteiger partial charge in [0.1, 0.15) is 0 Å². The van der Waals surface area contributed by atoms with Crippen molar-refractivity contribution < 1.29 is 0 Å². The Bertz CT molecular complexity index is 571. The molecule has 112 valence electrons. The number of benzene rings is 1. The second kappa shape index (κ2) is 6.10. The fourth-order valence-corrected chi connectivity index (χ4v) is 6.01. The maximum absolute atomic E-state index is 5.16. The van der Waals surface area contributed by atoms with Crippen molar-refractivity contribution >= 4 is 24.0 Å². The van der Waals surface area contributed by atoms with Crippen LogP contribution in [0.5, 0.6) is 0 Å². The molecule has 0 unspecified atom stereocenters. The first kappa shape index (κ1) is 15.1. The molecule has 1 aromatic carbocycles. The molecule has 1 aliphatic heterocycles. The number of nitrogens with zero attached hydrogens (tertiary/aromatic N) is 1. The van der Waals surface area contributed by atoms with Gasteiger partial charge in [0.25, 0.3) is 0 Å². The summed E-state index contributed by atoms with van der Waals surface area (Å²) < 4.78 is 2.92. The van der Waals surface area contributed by atoms with E-state index in [2.05, 4.69) is 51.1 Å². The van der Waals surface area contributed by atoms with Gasteiger partial charge in [0.2, 0.25) is 0 Å². The second-order valence-corrected chi connectivity index (χ2v) is 9.41. The van der Waals surface area contributed by atoms with Gasteiger partial charge >= 0.3 is 135 Å². The fourth-order valence-electron chi connectivity index (χ4n) is 3.07. The van der Waals surface area contributed by atoms with Crippen molar-refractivity contribution in [3.63, 3.8) is 0 Å². The minimum absolute atomic E-state index is 0.241. The molecule has 2 aliphatic rings. The van der Waals surface area contributed by atoms with Gasteiger partial charge in [-0.2, -0.15) is 0 Å². The number of allylic oxidation sites excluding steroid dienone is 1. The van der Waals surface area contributed by atoms with Gasteiger partial charge in [0.15, 0.2) is 0 Å². The van der Waals surface area contributed by atoms with E-state index in [9.17, 15) is 0 Å². The van der Waals surface area contributed by atoms with E-state index in [-0.39, 0.29) is 5.41 Å². The quantitative estimate of drug-likeness (QED) is 0.643. The summed E-state index contributed by atoms with van der Waals surface area (Å²) in [6.07, 6.45) is 9.16. The van der Waals surface area contributed by atoms with E-state index in [0.29, 0.717) is 21.0 Å². The summed E-state index contributed by atoms with van der Waals surface area (Å²) >= 11 is 0.383. The Kier molecular flexibility index (Phi) is 4.38. The van der Waals surface area contributed by atoms with E-state index in [1.54, 1.807) is 0 Å². The predicted octanol–water partition coefficient (Wildman–Crippen LogP) is 4.87. The van der Waals surface area contributed by atoms with Gasteiger partial charge in [0.05, 0.1) is 0 Å². The average molecular weight is 346 g/mol. The molecular formula is C19H25NSe. The number of rotatable bonds is 1. The zero-order chi connectivity index (χ0) is 14.9. The Morgan fingerprint density at radius 3 is 2.38 bits per heavy atom. The van der Waals surface area contributed by atoms with E-state index >= 15 is 0 Å². The van der Waals surface area contributed by atoms with Crippen LogP contribution in [-0.4, -0.2) is 25.6 Å². The molecule has 1 nitrogen and oxygen atoms in total. The molecule has 1 aromatic rings. The van der Waals surface area contributed by atoms with Crippen LogP contribution in [0.2, 0.25) is 0 Å². The summed E-state index contributed by atoms with van der Waals surface area (Å²) in [5.41, 5.74) is 3.07. The average Bonchev–Trinajstić information content (AvgIpc) is 2.77. The van der Waals surface area contributed by atoms with Crippen LogP contribution in [0.3, 0.4) is 0 Å². The van der Waals surface area contributed by atoms with Gasteiger partial charge in [-0.1, -0.05) is 0 Å². The number of hydrogen-bond acceptors (Lipinski definition) is 1. The first-order valence-corrected chi connectivity index (χ1v) is 9.82. The van der Waals surface area contributed by atoms with Crippen LogP contribution in [0.4, 0.5) is 0 Å². The van der Waals surface area contributed by atoms with E-state index in [1.165, 1.54) is 52.3 Å². The SMILES string of the molecule is CC(C)(C)/C=C1\[Se]C(=NC2CCCCC2)c2ccccc21. The molecule has 1 heterocycles. The normalized spacial score (nSPS) is 23.8. The van der Waals surface area contributed by atoms with Crippen LogP contribution in [0.15, 0.2) is 35.3 Å². The van der Waals surface area contributed by atoms with Crippen molar-refractivity contribution in [2.75, 3.05) is 0 Å². The van der Waals surface area contributed by atoms with E-state index < -0.39 is 0 Å². The fraction of sp³-hybridized carbons (Fsp3) is 0.526. The summed E-state index contributed by atoms with van der Waals surface area (Å²) in [5, 5.41) is 0. The van der Waals surface area contributed by atoms with Gasteiger partial charge in [0, 0.05) is 0 Å². The molecule has 0 N–H and O–H groups in total. The summed E-state index contributed by atoms with van der Waals surface area (Å²) in [4.78, 5) is 5.16. The molecule has 3 rings (SSSR count). The van der Waals surface area contributed by atoms with Crippen LogP contribution in [0, 0.1) is 5.41 Å². The molecule has 0 saturated heterocycles. The predicted molar refractivity (Wildman–Crippen MR) is 93.0 cm³/mol. The van der Waals surface area contributed by atoms with E-state index in [1.807, 2.05) is 0 Å². The Hall–Kier alpha value is -0.851. The monoisotopic (exact) mass is 347 g/mol. The summed E-state index contributed by atoms with van der Waals surface area (Å²) in [6.45, 7) is 6.86. The van der Waals surface area contributed by atoms with Gasteiger partial charge in [-0.15, -0.1) is 0 Å². The first-order chi connectivity index (χ1) is 10.0. The third kappa shape index (κ3) is 3.67. The Morgan fingerprint density at radius 1 is 1.05 bits per heavy atom. The van der Waals surface area contributed by atoms with Gasteiger partial charge in [-0.05, 0) is 0 Å². The standard InChI is InChI=1S/C19H25NSe/c1-19(2,3)13-17-15-11-7-8-12-16(15)18(21-17)20-14-9-5-4-6-10-14/h7-8,11-14H,4-6,9-10H2,1-3H3/b17-13-,20-18?. The van der Waals surface area contributed by atoms with Crippen molar-refractivity contribution in [3.05, 3.63) is 41.5 Å². The van der Waals surface area contributed by atoms with Gasteiger partial charge in [-0.25, -0.2) is 0 Å². The van der Waals surface area contributed by atoms with Crippen molar-refractivity contribution in [1.82, 2.24) is 0 Å². The first-order valence-electron chi connectivity index (χ1n) is 8.11. The molecule has 1 fully saturated rings. The van der Waals surface area contributed by atoms with Gasteiger partial charge in [-0.3, -0.25) is 0 Å². The zero-order valence-corrected chi connectivity index (χ0v) is 15.1. The Morgan fingerprint density at radius 2 is 1.71 bits per heavy atom. The molecule has 0 aromatic heterocycles. The molecule has 1 saturated carbocycles. The zero-order valence-electron chi connectivity index (χ0n) is 13.4. The molecule has 2 heteroatoms. The third-order valence-electron chi connectivity index (χ3n) is 4.07. The molecule has 1 aliphatic carbocycles. The summed E-state index contributed by atoms with van der Waals surface area (Å²) in [7, 11) is 0. The van der Waals surface area contributed by atoms with Crippen LogP contribution < -0.4 is 0 Å². The molecule has 0 spiro atoms. The summed E-state index contributed by atoms with van der Waals surface area (Å²) in [6, 6.07) is 9.44. The van der Waals surface area contributed by atoms with Crippen molar-refractivity contribution in [2.24, 2.45) is 10.4 Å². The van der Waals surface area contributed by atoms with E-state index in [4.69, 9.17) is 4.99 Å². The van der Waals surface area contributed by atoms with E-state index in [0.717, 1.165) is 0 Å². The van der Waals surface area contributed by atoms with Crippen molar-refractivity contribution in [1.29, 1.82) is 0 Å². The number of hydrogen-bond donors (Lipinski definition) is 0. The topological polar surface area (TPSA) is 12.4 Å². The molecule has 0 radical (unpaired) electrons. The molecule has 0 atom stereocenters. The Balaban J connectivity index is 1.94. The van der Waals surface area contributed by atoms with Crippen LogP contribution in [0.25, 0.3) is 4.47 Å². The minimum atomic E-state index is 0.241. The Labute approximate surface area is 135 Å². The molecule has 21 heavy (non-hydrogen) atoms. The third-order valence-corrected chi connectivity index (χ3v) is 6.33. The maximum atomic E-state index is 5.16. The van der Waals surface area contributed by atoms with Crippen molar-refractivity contribution in [2.45, 2.75) is 58.9 Å². The molecule has 0 amide bonds.